The van der Waals surface area contributed by atoms with Crippen LogP contribution in [0.2, 0.25) is 0 Å². The quantitative estimate of drug-likeness (QED) is 0.696. The molecule has 0 aromatic carbocycles. The maximum atomic E-state index is 6.10. The van der Waals surface area contributed by atoms with Crippen LogP contribution in [0.3, 0.4) is 0 Å². The van der Waals surface area contributed by atoms with Crippen LogP contribution < -0.4 is 5.73 Å². The van der Waals surface area contributed by atoms with Gasteiger partial charge in [-0.3, -0.25) is 0 Å². The van der Waals surface area contributed by atoms with E-state index in [1.165, 1.54) is 32.1 Å². The normalized spacial score (nSPS) is 37.4. The first kappa shape index (κ1) is 9.51. The zero-order valence-corrected chi connectivity index (χ0v) is 9.27. The fourth-order valence-corrected chi connectivity index (χ4v) is 3.31. The van der Waals surface area contributed by atoms with Crippen LogP contribution in [0.25, 0.3) is 0 Å². The molecule has 2 rings (SSSR count). The van der Waals surface area contributed by atoms with Gasteiger partial charge in [-0.1, -0.05) is 13.8 Å². The molecule has 0 amide bonds. The number of hydrogen-bond acceptors (Lipinski definition) is 1. The van der Waals surface area contributed by atoms with Crippen molar-refractivity contribution in [2.24, 2.45) is 22.5 Å². The molecule has 2 fully saturated rings. The third-order valence-electron chi connectivity index (χ3n) is 4.52. The van der Waals surface area contributed by atoms with Crippen LogP contribution >= 0.6 is 0 Å². The lowest BCUT2D eigenvalue weighted by Crippen LogP contribution is -2.33. The first-order valence-corrected chi connectivity index (χ1v) is 5.72. The lowest BCUT2D eigenvalue weighted by atomic mass is 9.80. The summed E-state index contributed by atoms with van der Waals surface area (Å²) in [7, 11) is 0. The van der Waals surface area contributed by atoms with Gasteiger partial charge in [-0.15, -0.1) is 0 Å². The Bertz CT molecular complexity index is 201. The zero-order chi connectivity index (χ0) is 9.69. The minimum absolute atomic E-state index is 0.423. The third kappa shape index (κ3) is 1.52. The molecule has 0 radical (unpaired) electrons. The second-order valence-corrected chi connectivity index (χ2v) is 6.13. The predicted molar refractivity (Wildman–Crippen MR) is 56.4 cm³/mol. The van der Waals surface area contributed by atoms with Crippen LogP contribution in [0.1, 0.15) is 52.9 Å². The molecule has 2 aliphatic rings. The molecular weight excluding hydrogens is 158 g/mol. The van der Waals surface area contributed by atoms with Crippen LogP contribution in [0.4, 0.5) is 0 Å². The van der Waals surface area contributed by atoms with Gasteiger partial charge in [0.15, 0.2) is 0 Å². The highest BCUT2D eigenvalue weighted by Gasteiger charge is 2.54. The minimum Gasteiger partial charge on any atom is -0.327 e. The topological polar surface area (TPSA) is 26.0 Å². The highest BCUT2D eigenvalue weighted by atomic mass is 14.7. The Hall–Kier alpha value is -0.0400. The van der Waals surface area contributed by atoms with Crippen molar-refractivity contribution in [1.82, 2.24) is 0 Å². The molecule has 13 heavy (non-hydrogen) atoms. The molecule has 0 spiro atoms. The van der Waals surface area contributed by atoms with Crippen LogP contribution in [0, 0.1) is 16.7 Å². The molecule has 0 bridgehead atoms. The first-order valence-electron chi connectivity index (χ1n) is 5.72. The summed E-state index contributed by atoms with van der Waals surface area (Å²) in [5, 5.41) is 0. The summed E-state index contributed by atoms with van der Waals surface area (Å²) in [6.07, 6.45) is 7.03. The van der Waals surface area contributed by atoms with Gasteiger partial charge < -0.3 is 5.73 Å². The van der Waals surface area contributed by atoms with E-state index >= 15 is 0 Å². The van der Waals surface area contributed by atoms with Crippen molar-refractivity contribution in [1.29, 1.82) is 0 Å². The van der Waals surface area contributed by atoms with Gasteiger partial charge in [0.2, 0.25) is 0 Å². The van der Waals surface area contributed by atoms with Gasteiger partial charge in [0.25, 0.3) is 0 Å². The van der Waals surface area contributed by atoms with E-state index in [0.29, 0.717) is 16.9 Å². The van der Waals surface area contributed by atoms with Gasteiger partial charge in [-0.05, 0) is 55.8 Å². The summed E-state index contributed by atoms with van der Waals surface area (Å²) in [5.74, 6) is 0.933. The smallest absolute Gasteiger partial charge is 0.00696 e. The summed E-state index contributed by atoms with van der Waals surface area (Å²) in [5.41, 5.74) is 7.26. The van der Waals surface area contributed by atoms with Gasteiger partial charge in [-0.2, -0.15) is 0 Å². The highest BCUT2D eigenvalue weighted by Crippen LogP contribution is 2.61. The van der Waals surface area contributed by atoms with Crippen LogP contribution in [-0.2, 0) is 0 Å². The molecule has 1 heteroatoms. The molecule has 76 valence electrons. The van der Waals surface area contributed by atoms with E-state index in [4.69, 9.17) is 5.73 Å². The first-order chi connectivity index (χ1) is 5.96. The molecule has 2 aliphatic carbocycles. The van der Waals surface area contributed by atoms with E-state index in [9.17, 15) is 0 Å². The fraction of sp³-hybridized carbons (Fsp3) is 1.00. The van der Waals surface area contributed by atoms with Gasteiger partial charge in [0.1, 0.15) is 0 Å². The number of rotatable bonds is 2. The largest absolute Gasteiger partial charge is 0.327 e. The Morgan fingerprint density at radius 1 is 1.23 bits per heavy atom. The Kier molecular flexibility index (Phi) is 1.99. The van der Waals surface area contributed by atoms with Gasteiger partial charge in [0.05, 0.1) is 0 Å². The zero-order valence-electron chi connectivity index (χ0n) is 9.27. The van der Waals surface area contributed by atoms with Crippen LogP contribution in [0.15, 0.2) is 0 Å². The van der Waals surface area contributed by atoms with Gasteiger partial charge >= 0.3 is 0 Å². The van der Waals surface area contributed by atoms with Crippen molar-refractivity contribution in [3.05, 3.63) is 0 Å². The molecule has 2 unspecified atom stereocenters. The molecule has 0 aliphatic heterocycles. The van der Waals surface area contributed by atoms with Crippen LogP contribution in [0.5, 0.6) is 0 Å². The highest BCUT2D eigenvalue weighted by molar-refractivity contribution is 5.06. The van der Waals surface area contributed by atoms with E-state index in [2.05, 4.69) is 20.8 Å². The minimum atomic E-state index is 0.423. The standard InChI is InChI=1S/C12H23N/c1-9(13)12(6-7-12)10-4-5-11(2,3)8-10/h9-10H,4-8,13H2,1-3H3. The summed E-state index contributed by atoms with van der Waals surface area (Å²) in [6.45, 7) is 7.02. The number of nitrogens with two attached hydrogens (primary N) is 1. The molecule has 2 N–H and O–H groups in total. The Morgan fingerprint density at radius 2 is 1.85 bits per heavy atom. The third-order valence-corrected chi connectivity index (χ3v) is 4.52. The van der Waals surface area contributed by atoms with Crippen molar-refractivity contribution in [3.8, 4) is 0 Å². The van der Waals surface area contributed by atoms with Gasteiger partial charge in [0, 0.05) is 6.04 Å². The lowest BCUT2D eigenvalue weighted by molar-refractivity contribution is 0.244. The molecule has 0 saturated heterocycles. The van der Waals surface area contributed by atoms with Crippen molar-refractivity contribution in [3.63, 3.8) is 0 Å². The van der Waals surface area contributed by atoms with Crippen molar-refractivity contribution in [2.45, 2.75) is 58.9 Å². The molecule has 0 aromatic heterocycles. The molecule has 2 atom stereocenters. The van der Waals surface area contributed by atoms with E-state index in [0.717, 1.165) is 5.92 Å². The summed E-state index contributed by atoms with van der Waals surface area (Å²) in [4.78, 5) is 0. The van der Waals surface area contributed by atoms with E-state index in [-0.39, 0.29) is 0 Å². The molecular formula is C12H23N. The molecule has 2 saturated carbocycles. The summed E-state index contributed by atoms with van der Waals surface area (Å²) < 4.78 is 0. The van der Waals surface area contributed by atoms with Gasteiger partial charge in [-0.25, -0.2) is 0 Å². The lowest BCUT2D eigenvalue weighted by Gasteiger charge is -2.28. The van der Waals surface area contributed by atoms with Crippen molar-refractivity contribution >= 4 is 0 Å². The van der Waals surface area contributed by atoms with Crippen LogP contribution in [-0.4, -0.2) is 6.04 Å². The summed E-state index contributed by atoms with van der Waals surface area (Å²) >= 11 is 0. The van der Waals surface area contributed by atoms with E-state index < -0.39 is 0 Å². The van der Waals surface area contributed by atoms with E-state index in [1.54, 1.807) is 0 Å². The average molecular weight is 181 g/mol. The Morgan fingerprint density at radius 3 is 2.15 bits per heavy atom. The molecule has 0 heterocycles. The fourth-order valence-electron chi connectivity index (χ4n) is 3.31. The number of hydrogen-bond donors (Lipinski definition) is 1. The predicted octanol–water partition coefficient (Wildman–Crippen LogP) is 2.94. The maximum absolute atomic E-state index is 6.10. The second-order valence-electron chi connectivity index (χ2n) is 6.13. The second kappa shape index (κ2) is 2.73. The average Bonchev–Trinajstić information content (AvgIpc) is 2.73. The maximum Gasteiger partial charge on any atom is 0.00696 e. The monoisotopic (exact) mass is 181 g/mol. The Balaban J connectivity index is 2.04. The van der Waals surface area contributed by atoms with Crippen molar-refractivity contribution in [2.75, 3.05) is 0 Å². The Labute approximate surface area is 82.1 Å². The SMILES string of the molecule is CC(N)C1(C2CCC(C)(C)C2)CC1. The van der Waals surface area contributed by atoms with E-state index in [1.807, 2.05) is 0 Å². The summed E-state index contributed by atoms with van der Waals surface area (Å²) in [6, 6.07) is 0.423. The molecule has 0 aromatic rings. The molecule has 1 nitrogen and oxygen atoms in total. The van der Waals surface area contributed by atoms with Crippen molar-refractivity contribution < 1.29 is 0 Å².